The number of ether oxygens (including phenoxy) is 1. The molecular weight excluding hydrogens is 362 g/mol. The molecule has 1 aliphatic heterocycles. The first-order valence-electron chi connectivity index (χ1n) is 10.4. The number of unbranched alkanes of at least 4 members (excludes halogenated alkanes) is 1. The number of nitrogens with one attached hydrogen (secondary N) is 2. The number of aromatic nitrogens is 1. The normalized spacial score (nSPS) is 16.0. The fourth-order valence-electron chi connectivity index (χ4n) is 4.18. The molecule has 0 aliphatic carbocycles. The molecule has 0 bridgehead atoms. The van der Waals surface area contributed by atoms with Crippen LogP contribution in [0, 0.1) is 6.92 Å². The van der Waals surface area contributed by atoms with Crippen LogP contribution in [0.5, 0.6) is 5.75 Å². The van der Waals surface area contributed by atoms with Gasteiger partial charge in [-0.2, -0.15) is 0 Å². The second kappa shape index (κ2) is 8.19. The van der Waals surface area contributed by atoms with Gasteiger partial charge < -0.3 is 19.9 Å². The first-order chi connectivity index (χ1) is 14.1. The van der Waals surface area contributed by atoms with Gasteiger partial charge in [-0.3, -0.25) is 0 Å². The molecule has 5 heteroatoms. The molecule has 152 valence electrons. The highest BCUT2D eigenvalue weighted by Gasteiger charge is 2.34. The molecule has 1 unspecified atom stereocenters. The average Bonchev–Trinajstić information content (AvgIpc) is 3.11. The van der Waals surface area contributed by atoms with Crippen molar-refractivity contribution < 1.29 is 9.53 Å². The lowest BCUT2D eigenvalue weighted by molar-refractivity contribution is 0.179. The largest absolute Gasteiger partial charge is 0.497 e. The van der Waals surface area contributed by atoms with E-state index in [-0.39, 0.29) is 12.1 Å². The van der Waals surface area contributed by atoms with Crippen molar-refractivity contribution in [2.45, 2.75) is 39.2 Å². The number of rotatable bonds is 5. The minimum Gasteiger partial charge on any atom is -0.497 e. The van der Waals surface area contributed by atoms with Crippen LogP contribution in [0.3, 0.4) is 0 Å². The van der Waals surface area contributed by atoms with Crippen molar-refractivity contribution in [3.8, 4) is 5.75 Å². The highest BCUT2D eigenvalue weighted by molar-refractivity contribution is 5.87. The number of carbonyl (C=O) groups excluding carboxylic acids is 1. The Morgan fingerprint density at radius 1 is 1.24 bits per heavy atom. The van der Waals surface area contributed by atoms with E-state index >= 15 is 0 Å². The summed E-state index contributed by atoms with van der Waals surface area (Å²) in [6.45, 7) is 5.62. The van der Waals surface area contributed by atoms with Crippen molar-refractivity contribution in [2.24, 2.45) is 0 Å². The number of carbonyl (C=O) groups is 1. The number of hydrogen-bond acceptors (Lipinski definition) is 2. The Balaban J connectivity index is 1.78. The quantitative estimate of drug-likeness (QED) is 0.605. The zero-order valence-corrected chi connectivity index (χ0v) is 17.4. The van der Waals surface area contributed by atoms with E-state index in [1.807, 2.05) is 11.0 Å². The molecule has 2 aromatic carbocycles. The fourth-order valence-corrected chi connectivity index (χ4v) is 4.18. The maximum atomic E-state index is 13.0. The van der Waals surface area contributed by atoms with Crippen LogP contribution in [0.25, 0.3) is 10.9 Å². The molecule has 3 aromatic rings. The van der Waals surface area contributed by atoms with Crippen LogP contribution in [-0.2, 0) is 6.42 Å². The summed E-state index contributed by atoms with van der Waals surface area (Å²) < 4.78 is 5.43. The van der Waals surface area contributed by atoms with Crippen LogP contribution in [0.15, 0.2) is 42.5 Å². The van der Waals surface area contributed by atoms with Crippen molar-refractivity contribution in [3.63, 3.8) is 0 Å². The number of urea groups is 1. The predicted molar refractivity (Wildman–Crippen MR) is 117 cm³/mol. The first-order valence-corrected chi connectivity index (χ1v) is 10.4. The summed E-state index contributed by atoms with van der Waals surface area (Å²) in [5.74, 6) is 0.853. The summed E-state index contributed by atoms with van der Waals surface area (Å²) in [7, 11) is 1.69. The third-order valence-electron chi connectivity index (χ3n) is 5.79. The lowest BCUT2D eigenvalue weighted by Crippen LogP contribution is -2.46. The predicted octanol–water partition coefficient (Wildman–Crippen LogP) is 4.94. The van der Waals surface area contributed by atoms with Gasteiger partial charge >= 0.3 is 6.03 Å². The molecule has 0 radical (unpaired) electrons. The topological polar surface area (TPSA) is 57.4 Å². The smallest absolute Gasteiger partial charge is 0.318 e. The summed E-state index contributed by atoms with van der Waals surface area (Å²) in [5, 5.41) is 4.28. The lowest BCUT2D eigenvalue weighted by Gasteiger charge is -2.36. The van der Waals surface area contributed by atoms with E-state index in [0.717, 1.165) is 41.8 Å². The number of nitrogens with zero attached hydrogens (tertiary/aromatic N) is 1. The Labute approximate surface area is 172 Å². The summed E-state index contributed by atoms with van der Waals surface area (Å²) in [6.07, 6.45) is 2.88. The van der Waals surface area contributed by atoms with Crippen LogP contribution in [0.2, 0.25) is 0 Å². The number of amides is 2. The van der Waals surface area contributed by atoms with Crippen molar-refractivity contribution in [1.29, 1.82) is 0 Å². The summed E-state index contributed by atoms with van der Waals surface area (Å²) in [6, 6.07) is 14.5. The minimum absolute atomic E-state index is 0.00547. The molecule has 4 rings (SSSR count). The third-order valence-corrected chi connectivity index (χ3v) is 5.79. The highest BCUT2D eigenvalue weighted by atomic mass is 16.5. The van der Waals surface area contributed by atoms with Gasteiger partial charge in [-0.25, -0.2) is 4.79 Å². The molecule has 0 spiro atoms. The molecule has 0 saturated heterocycles. The number of H-pyrrole nitrogens is 1. The van der Waals surface area contributed by atoms with Gasteiger partial charge in [0.25, 0.3) is 0 Å². The SMILES string of the molecule is CCCCNC(=O)N1CCc2c([nH]c3ccc(OC)cc23)C1c1ccc(C)cc1. The molecule has 0 fully saturated rings. The molecule has 2 heterocycles. The maximum Gasteiger partial charge on any atom is 0.318 e. The van der Waals surface area contributed by atoms with Gasteiger partial charge in [0, 0.05) is 29.7 Å². The third kappa shape index (κ3) is 3.69. The van der Waals surface area contributed by atoms with Crippen molar-refractivity contribution in [2.75, 3.05) is 20.2 Å². The highest BCUT2D eigenvalue weighted by Crippen LogP contribution is 2.39. The number of methoxy groups -OCH3 is 1. The Kier molecular flexibility index (Phi) is 5.47. The lowest BCUT2D eigenvalue weighted by atomic mass is 9.92. The van der Waals surface area contributed by atoms with Gasteiger partial charge in [-0.15, -0.1) is 0 Å². The van der Waals surface area contributed by atoms with Gasteiger partial charge in [-0.05, 0) is 49.1 Å². The number of fused-ring (bicyclic) bond motifs is 3. The second-order valence-corrected chi connectivity index (χ2v) is 7.77. The molecular formula is C24H29N3O2. The van der Waals surface area contributed by atoms with Gasteiger partial charge in [0.05, 0.1) is 13.2 Å². The number of aryl methyl sites for hydroxylation is 1. The molecule has 2 N–H and O–H groups in total. The van der Waals surface area contributed by atoms with Crippen molar-refractivity contribution >= 4 is 16.9 Å². The van der Waals surface area contributed by atoms with E-state index in [1.165, 1.54) is 16.5 Å². The molecule has 29 heavy (non-hydrogen) atoms. The Hall–Kier alpha value is -2.95. The summed E-state index contributed by atoms with van der Waals surface area (Å²) >= 11 is 0. The molecule has 0 saturated carbocycles. The van der Waals surface area contributed by atoms with Gasteiger partial charge in [0.2, 0.25) is 0 Å². The molecule has 2 amide bonds. The van der Waals surface area contributed by atoms with Gasteiger partial charge in [-0.1, -0.05) is 43.2 Å². The molecule has 1 atom stereocenters. The van der Waals surface area contributed by atoms with E-state index in [0.29, 0.717) is 13.1 Å². The number of aromatic amines is 1. The van der Waals surface area contributed by atoms with Crippen LogP contribution >= 0.6 is 0 Å². The number of benzene rings is 2. The fraction of sp³-hybridized carbons (Fsp3) is 0.375. The Morgan fingerprint density at radius 2 is 2.03 bits per heavy atom. The summed E-state index contributed by atoms with van der Waals surface area (Å²) in [5.41, 5.74) is 5.81. The molecule has 5 nitrogen and oxygen atoms in total. The molecule has 1 aliphatic rings. The van der Waals surface area contributed by atoms with E-state index in [1.54, 1.807) is 7.11 Å². The monoisotopic (exact) mass is 391 g/mol. The van der Waals surface area contributed by atoms with Crippen molar-refractivity contribution in [1.82, 2.24) is 15.2 Å². The van der Waals surface area contributed by atoms with Crippen LogP contribution < -0.4 is 10.1 Å². The zero-order chi connectivity index (χ0) is 20.4. The standard InChI is InChI=1S/C24H29N3O2/c1-4-5-13-25-24(28)27-14-12-19-20-15-18(29-3)10-11-21(20)26-22(19)23(27)17-8-6-16(2)7-9-17/h6-11,15,23,26H,4-5,12-14H2,1-3H3,(H,25,28). The van der Waals surface area contributed by atoms with Crippen LogP contribution in [0.4, 0.5) is 4.79 Å². The second-order valence-electron chi connectivity index (χ2n) is 7.77. The summed E-state index contributed by atoms with van der Waals surface area (Å²) in [4.78, 5) is 18.6. The Morgan fingerprint density at radius 3 is 2.76 bits per heavy atom. The minimum atomic E-state index is -0.126. The van der Waals surface area contributed by atoms with Crippen molar-refractivity contribution in [3.05, 3.63) is 64.8 Å². The van der Waals surface area contributed by atoms with E-state index in [9.17, 15) is 4.79 Å². The first kappa shape index (κ1) is 19.4. The Bertz CT molecular complexity index is 1010. The van der Waals surface area contributed by atoms with Crippen LogP contribution in [-0.4, -0.2) is 36.1 Å². The average molecular weight is 392 g/mol. The molecule has 1 aromatic heterocycles. The number of hydrogen-bond donors (Lipinski definition) is 2. The van der Waals surface area contributed by atoms with Gasteiger partial charge in [0.1, 0.15) is 5.75 Å². The van der Waals surface area contributed by atoms with E-state index < -0.39 is 0 Å². The van der Waals surface area contributed by atoms with Gasteiger partial charge in [0.15, 0.2) is 0 Å². The van der Waals surface area contributed by atoms with E-state index in [2.05, 4.69) is 60.5 Å². The zero-order valence-electron chi connectivity index (χ0n) is 17.4. The van der Waals surface area contributed by atoms with Crippen LogP contribution in [0.1, 0.15) is 48.2 Å². The van der Waals surface area contributed by atoms with E-state index in [4.69, 9.17) is 4.74 Å². The maximum absolute atomic E-state index is 13.0.